The van der Waals surface area contributed by atoms with Crippen LogP contribution in [0.25, 0.3) is 44.7 Å². The van der Waals surface area contributed by atoms with Crippen LogP contribution in [0.4, 0.5) is 10.2 Å². The van der Waals surface area contributed by atoms with Gasteiger partial charge in [-0.15, -0.1) is 0 Å². The second-order valence-electron chi connectivity index (χ2n) is 6.90. The maximum Gasteiger partial charge on any atom is 0.162 e. The van der Waals surface area contributed by atoms with Crippen LogP contribution in [-0.4, -0.2) is 19.9 Å². The normalized spacial score (nSPS) is 11.0. The first-order valence-corrected chi connectivity index (χ1v) is 9.87. The minimum atomic E-state index is -0.477. The molecule has 0 aliphatic heterocycles. The Kier molecular flexibility index (Phi) is 4.76. The zero-order valence-corrected chi connectivity index (χ0v) is 16.9. The standard InChI is InChI=1S/C24H15ClFN5/c25-18-13-15(6-7-19(18)26)22-17(4-2-10-29-22)16-3-1-5-20-21(16)23(27)31-24(30-20)14-8-11-28-12-9-14/h1-13H,(H2,27,30,31). The van der Waals surface area contributed by atoms with E-state index in [1.54, 1.807) is 30.7 Å². The second-order valence-corrected chi connectivity index (χ2v) is 7.30. The minimum absolute atomic E-state index is 0.0388. The van der Waals surface area contributed by atoms with Gasteiger partial charge in [-0.05, 0) is 48.0 Å². The minimum Gasteiger partial charge on any atom is -0.383 e. The average Bonchev–Trinajstić information content (AvgIpc) is 2.81. The average molecular weight is 428 g/mol. The summed E-state index contributed by atoms with van der Waals surface area (Å²) in [5.74, 6) is 0.412. The summed E-state index contributed by atoms with van der Waals surface area (Å²) in [6.45, 7) is 0. The van der Waals surface area contributed by atoms with Gasteiger partial charge in [0.2, 0.25) is 0 Å². The van der Waals surface area contributed by atoms with E-state index in [2.05, 4.69) is 15.0 Å². The summed E-state index contributed by atoms with van der Waals surface area (Å²) in [6.07, 6.45) is 5.05. The third-order valence-electron chi connectivity index (χ3n) is 4.98. The van der Waals surface area contributed by atoms with Gasteiger partial charge in [0.15, 0.2) is 5.82 Å². The maximum atomic E-state index is 13.7. The summed E-state index contributed by atoms with van der Waals surface area (Å²) in [5, 5.41) is 0.764. The Morgan fingerprint density at radius 1 is 0.806 bits per heavy atom. The van der Waals surface area contributed by atoms with Crippen LogP contribution in [0.2, 0.25) is 5.02 Å². The zero-order valence-electron chi connectivity index (χ0n) is 16.1. The number of hydrogen-bond donors (Lipinski definition) is 1. The maximum absolute atomic E-state index is 13.7. The van der Waals surface area contributed by atoms with Gasteiger partial charge in [0.25, 0.3) is 0 Å². The molecule has 0 saturated heterocycles. The summed E-state index contributed by atoms with van der Waals surface area (Å²) >= 11 is 6.01. The summed E-state index contributed by atoms with van der Waals surface area (Å²) in [7, 11) is 0. The highest BCUT2D eigenvalue weighted by molar-refractivity contribution is 6.31. The van der Waals surface area contributed by atoms with Crippen molar-refractivity contribution in [3.63, 3.8) is 0 Å². The Balaban J connectivity index is 1.73. The first kappa shape index (κ1) is 19.1. The molecule has 150 valence electrons. The lowest BCUT2D eigenvalue weighted by Gasteiger charge is -2.13. The molecule has 0 unspecified atom stereocenters. The Morgan fingerprint density at radius 3 is 2.42 bits per heavy atom. The van der Waals surface area contributed by atoms with Crippen LogP contribution in [0.1, 0.15) is 0 Å². The lowest BCUT2D eigenvalue weighted by atomic mass is 9.96. The number of nitrogen functional groups attached to an aromatic ring is 1. The van der Waals surface area contributed by atoms with Gasteiger partial charge in [-0.25, -0.2) is 14.4 Å². The Labute approximate surface area is 182 Å². The monoisotopic (exact) mass is 427 g/mol. The summed E-state index contributed by atoms with van der Waals surface area (Å²) in [4.78, 5) is 17.8. The highest BCUT2D eigenvalue weighted by Gasteiger charge is 2.16. The summed E-state index contributed by atoms with van der Waals surface area (Å²) in [5.41, 5.74) is 11.0. The van der Waals surface area contributed by atoms with Crippen LogP contribution < -0.4 is 5.73 Å². The molecule has 5 rings (SSSR count). The third-order valence-corrected chi connectivity index (χ3v) is 5.27. The van der Waals surface area contributed by atoms with E-state index in [0.29, 0.717) is 28.4 Å². The molecule has 0 aliphatic carbocycles. The number of pyridine rings is 2. The van der Waals surface area contributed by atoms with Gasteiger partial charge in [0.05, 0.1) is 21.6 Å². The molecule has 5 aromatic rings. The Bertz CT molecular complexity index is 1420. The van der Waals surface area contributed by atoms with Crippen LogP contribution in [0, 0.1) is 5.82 Å². The molecule has 0 aliphatic rings. The number of anilines is 1. The SMILES string of the molecule is Nc1nc(-c2ccncc2)nc2cccc(-c3cccnc3-c3ccc(F)c(Cl)c3)c12. The number of rotatable bonds is 3. The van der Waals surface area contributed by atoms with Gasteiger partial charge in [-0.2, -0.15) is 0 Å². The predicted molar refractivity (Wildman–Crippen MR) is 121 cm³/mol. The lowest BCUT2D eigenvalue weighted by Crippen LogP contribution is -2.00. The van der Waals surface area contributed by atoms with Gasteiger partial charge >= 0.3 is 0 Å². The van der Waals surface area contributed by atoms with Gasteiger partial charge < -0.3 is 5.73 Å². The van der Waals surface area contributed by atoms with Crippen LogP contribution in [0.15, 0.2) is 79.3 Å². The number of hydrogen-bond acceptors (Lipinski definition) is 5. The molecule has 0 amide bonds. The topological polar surface area (TPSA) is 77.6 Å². The van der Waals surface area contributed by atoms with E-state index in [9.17, 15) is 4.39 Å². The predicted octanol–water partition coefficient (Wildman–Crippen LogP) is 5.80. The van der Waals surface area contributed by atoms with Gasteiger partial charge in [-0.3, -0.25) is 9.97 Å². The Morgan fingerprint density at radius 2 is 1.61 bits per heavy atom. The molecular weight excluding hydrogens is 413 g/mol. The Hall–Kier alpha value is -3.90. The molecule has 5 nitrogen and oxygen atoms in total. The largest absolute Gasteiger partial charge is 0.383 e. The molecule has 3 aromatic heterocycles. The van der Waals surface area contributed by atoms with Crippen molar-refractivity contribution in [2.75, 3.05) is 5.73 Å². The van der Waals surface area contributed by atoms with E-state index in [0.717, 1.165) is 22.1 Å². The number of halogens is 2. The van der Waals surface area contributed by atoms with E-state index in [4.69, 9.17) is 22.3 Å². The van der Waals surface area contributed by atoms with Gasteiger partial charge in [0.1, 0.15) is 11.6 Å². The molecule has 0 atom stereocenters. The first-order valence-electron chi connectivity index (χ1n) is 9.49. The van der Waals surface area contributed by atoms with E-state index < -0.39 is 5.82 Å². The number of nitrogens with two attached hydrogens (primary N) is 1. The van der Waals surface area contributed by atoms with E-state index in [1.807, 2.05) is 42.5 Å². The highest BCUT2D eigenvalue weighted by Crippen LogP contribution is 2.37. The second kappa shape index (κ2) is 7.74. The van der Waals surface area contributed by atoms with Crippen LogP contribution in [-0.2, 0) is 0 Å². The van der Waals surface area contributed by atoms with Crippen LogP contribution >= 0.6 is 11.6 Å². The fourth-order valence-electron chi connectivity index (χ4n) is 3.56. The van der Waals surface area contributed by atoms with Gasteiger partial charge in [0, 0.05) is 35.3 Å². The molecule has 2 N–H and O–H groups in total. The molecule has 0 fully saturated rings. The van der Waals surface area contributed by atoms with E-state index >= 15 is 0 Å². The number of benzene rings is 2. The summed E-state index contributed by atoms with van der Waals surface area (Å²) in [6, 6.07) is 17.7. The van der Waals surface area contributed by atoms with Crippen molar-refractivity contribution in [3.8, 4) is 33.8 Å². The van der Waals surface area contributed by atoms with Crippen LogP contribution in [0.5, 0.6) is 0 Å². The van der Waals surface area contributed by atoms with Gasteiger partial charge in [-0.1, -0.05) is 29.8 Å². The lowest BCUT2D eigenvalue weighted by molar-refractivity contribution is 0.628. The molecular formula is C24H15ClFN5. The van der Waals surface area contributed by atoms with Crippen molar-refractivity contribution in [2.45, 2.75) is 0 Å². The zero-order chi connectivity index (χ0) is 21.4. The number of aromatic nitrogens is 4. The fourth-order valence-corrected chi connectivity index (χ4v) is 3.74. The smallest absolute Gasteiger partial charge is 0.162 e. The van der Waals surface area contributed by atoms with Crippen molar-refractivity contribution in [1.29, 1.82) is 0 Å². The quantitative estimate of drug-likeness (QED) is 0.394. The van der Waals surface area contributed by atoms with Crippen molar-refractivity contribution in [2.24, 2.45) is 0 Å². The number of fused-ring (bicyclic) bond motifs is 1. The molecule has 0 saturated carbocycles. The molecule has 0 radical (unpaired) electrons. The van der Waals surface area contributed by atoms with Crippen molar-refractivity contribution in [3.05, 3.63) is 90.1 Å². The van der Waals surface area contributed by atoms with Crippen LogP contribution in [0.3, 0.4) is 0 Å². The summed E-state index contributed by atoms with van der Waals surface area (Å²) < 4.78 is 13.7. The molecule has 0 bridgehead atoms. The van der Waals surface area contributed by atoms with Crippen molar-refractivity contribution >= 4 is 28.3 Å². The van der Waals surface area contributed by atoms with Crippen molar-refractivity contribution in [1.82, 2.24) is 19.9 Å². The molecule has 2 aromatic carbocycles. The molecule has 7 heteroatoms. The van der Waals surface area contributed by atoms with Crippen molar-refractivity contribution < 1.29 is 4.39 Å². The molecule has 3 heterocycles. The molecule has 0 spiro atoms. The van der Waals surface area contributed by atoms with E-state index in [-0.39, 0.29) is 5.02 Å². The molecule has 31 heavy (non-hydrogen) atoms. The first-order chi connectivity index (χ1) is 15.1. The van der Waals surface area contributed by atoms with E-state index in [1.165, 1.54) is 6.07 Å². The third kappa shape index (κ3) is 3.47. The fraction of sp³-hybridized carbons (Fsp3) is 0. The highest BCUT2D eigenvalue weighted by atomic mass is 35.5. The number of nitrogens with zero attached hydrogens (tertiary/aromatic N) is 4.